The Kier molecular flexibility index (Phi) is 6.79. The highest BCUT2D eigenvalue weighted by Gasteiger charge is 2.25. The van der Waals surface area contributed by atoms with Crippen LogP contribution in [0.5, 0.6) is 0 Å². The van der Waals surface area contributed by atoms with Crippen LogP contribution >= 0.6 is 22.9 Å². The van der Waals surface area contributed by atoms with E-state index in [0.29, 0.717) is 10.9 Å². The minimum atomic E-state index is -3.77. The SMILES string of the molecule is CCNC(=O)[C@H](C)NC(=O)CN(C)S(=O)(=O)c1ccc(Cl)s1. The van der Waals surface area contributed by atoms with Gasteiger partial charge in [-0.05, 0) is 26.0 Å². The van der Waals surface area contributed by atoms with Gasteiger partial charge in [0.05, 0.1) is 10.9 Å². The van der Waals surface area contributed by atoms with Gasteiger partial charge in [0, 0.05) is 13.6 Å². The molecule has 0 aromatic carbocycles. The molecule has 7 nitrogen and oxygen atoms in total. The van der Waals surface area contributed by atoms with E-state index in [1.54, 1.807) is 6.92 Å². The first-order valence-electron chi connectivity index (χ1n) is 6.47. The van der Waals surface area contributed by atoms with Crippen molar-refractivity contribution in [2.75, 3.05) is 20.1 Å². The molecule has 0 radical (unpaired) electrons. The molecule has 0 aliphatic rings. The van der Waals surface area contributed by atoms with Crippen molar-refractivity contribution in [2.45, 2.75) is 24.1 Å². The first-order valence-corrected chi connectivity index (χ1v) is 9.10. The van der Waals surface area contributed by atoms with Crippen molar-refractivity contribution in [3.05, 3.63) is 16.5 Å². The highest BCUT2D eigenvalue weighted by Crippen LogP contribution is 2.27. The minimum absolute atomic E-state index is 0.0598. The third-order valence-corrected chi connectivity index (χ3v) is 6.20. The smallest absolute Gasteiger partial charge is 0.252 e. The zero-order valence-electron chi connectivity index (χ0n) is 12.4. The number of nitrogens with zero attached hydrogens (tertiary/aromatic N) is 1. The summed E-state index contributed by atoms with van der Waals surface area (Å²) in [6, 6.07) is 2.12. The van der Waals surface area contributed by atoms with Gasteiger partial charge >= 0.3 is 0 Å². The fraction of sp³-hybridized carbons (Fsp3) is 0.500. The van der Waals surface area contributed by atoms with Crippen LogP contribution in [0.3, 0.4) is 0 Å². The average molecular weight is 368 g/mol. The van der Waals surface area contributed by atoms with Crippen LogP contribution < -0.4 is 10.6 Å². The Hall–Kier alpha value is -1.16. The number of likely N-dealkylation sites (N-methyl/N-ethyl adjacent to an activating group) is 2. The van der Waals surface area contributed by atoms with E-state index in [4.69, 9.17) is 11.6 Å². The molecule has 124 valence electrons. The van der Waals surface area contributed by atoms with Crippen molar-refractivity contribution in [3.8, 4) is 0 Å². The fourth-order valence-corrected chi connectivity index (χ4v) is 4.38. The molecule has 2 N–H and O–H groups in total. The van der Waals surface area contributed by atoms with Crippen molar-refractivity contribution in [2.24, 2.45) is 0 Å². The summed E-state index contributed by atoms with van der Waals surface area (Å²) in [4.78, 5) is 23.4. The summed E-state index contributed by atoms with van der Waals surface area (Å²) in [5.74, 6) is -0.890. The van der Waals surface area contributed by atoms with Crippen LogP contribution in [0, 0.1) is 0 Å². The van der Waals surface area contributed by atoms with Crippen molar-refractivity contribution < 1.29 is 18.0 Å². The summed E-state index contributed by atoms with van der Waals surface area (Å²) in [6.07, 6.45) is 0. The first kappa shape index (κ1) is 18.9. The monoisotopic (exact) mass is 367 g/mol. The summed E-state index contributed by atoms with van der Waals surface area (Å²) in [6.45, 7) is 3.35. The molecule has 10 heteroatoms. The van der Waals surface area contributed by atoms with Gasteiger partial charge in [-0.1, -0.05) is 11.6 Å². The molecule has 1 aromatic rings. The van der Waals surface area contributed by atoms with Gasteiger partial charge in [-0.2, -0.15) is 4.31 Å². The Morgan fingerprint density at radius 2 is 2.05 bits per heavy atom. The molecule has 0 aliphatic carbocycles. The molecule has 0 unspecified atom stereocenters. The van der Waals surface area contributed by atoms with Crippen LogP contribution in [0.25, 0.3) is 0 Å². The standard InChI is InChI=1S/C12H18ClN3O4S2/c1-4-14-12(18)8(2)15-10(17)7-16(3)22(19,20)11-6-5-9(13)21-11/h5-6,8H,4,7H2,1-3H3,(H,14,18)(H,15,17)/t8-/m0/s1. The zero-order chi connectivity index (χ0) is 16.9. The number of halogens is 1. The molecule has 1 heterocycles. The maximum Gasteiger partial charge on any atom is 0.252 e. The van der Waals surface area contributed by atoms with E-state index in [1.165, 1.54) is 26.1 Å². The van der Waals surface area contributed by atoms with Crippen LogP contribution in [-0.2, 0) is 19.6 Å². The highest BCUT2D eigenvalue weighted by molar-refractivity contribution is 7.91. The summed E-state index contributed by atoms with van der Waals surface area (Å²) in [5, 5.41) is 5.01. The summed E-state index contributed by atoms with van der Waals surface area (Å²) < 4.78 is 25.8. The van der Waals surface area contributed by atoms with Crippen LogP contribution in [-0.4, -0.2) is 50.7 Å². The summed E-state index contributed by atoms with van der Waals surface area (Å²) in [5.41, 5.74) is 0. The van der Waals surface area contributed by atoms with E-state index in [1.807, 2.05) is 0 Å². The van der Waals surface area contributed by atoms with Crippen LogP contribution in [0.2, 0.25) is 4.34 Å². The lowest BCUT2D eigenvalue weighted by Crippen LogP contribution is -2.48. The largest absolute Gasteiger partial charge is 0.355 e. The van der Waals surface area contributed by atoms with Gasteiger partial charge in [-0.15, -0.1) is 11.3 Å². The number of hydrogen-bond acceptors (Lipinski definition) is 5. The van der Waals surface area contributed by atoms with Crippen LogP contribution in [0.1, 0.15) is 13.8 Å². The van der Waals surface area contributed by atoms with Crippen LogP contribution in [0.4, 0.5) is 0 Å². The average Bonchev–Trinajstić information content (AvgIpc) is 2.86. The lowest BCUT2D eigenvalue weighted by molar-refractivity contribution is -0.128. The molecule has 1 atom stereocenters. The number of nitrogens with one attached hydrogen (secondary N) is 2. The molecule has 0 saturated carbocycles. The topological polar surface area (TPSA) is 95.6 Å². The third-order valence-electron chi connectivity index (χ3n) is 2.70. The van der Waals surface area contributed by atoms with E-state index < -0.39 is 22.0 Å². The number of rotatable bonds is 7. The van der Waals surface area contributed by atoms with Crippen molar-refractivity contribution in [1.82, 2.24) is 14.9 Å². The second kappa shape index (κ2) is 7.91. The zero-order valence-corrected chi connectivity index (χ0v) is 14.8. The van der Waals surface area contributed by atoms with E-state index in [9.17, 15) is 18.0 Å². The highest BCUT2D eigenvalue weighted by atomic mass is 35.5. The minimum Gasteiger partial charge on any atom is -0.355 e. The van der Waals surface area contributed by atoms with Gasteiger partial charge in [-0.25, -0.2) is 8.42 Å². The number of carbonyl (C=O) groups excluding carboxylic acids is 2. The van der Waals surface area contributed by atoms with Crippen LogP contribution in [0.15, 0.2) is 16.3 Å². The molecule has 0 saturated heterocycles. The number of carbonyl (C=O) groups is 2. The molecule has 1 aromatic heterocycles. The van der Waals surface area contributed by atoms with Crippen molar-refractivity contribution in [3.63, 3.8) is 0 Å². The molecule has 0 bridgehead atoms. The van der Waals surface area contributed by atoms with E-state index in [-0.39, 0.29) is 16.7 Å². The van der Waals surface area contributed by atoms with Crippen molar-refractivity contribution >= 4 is 44.8 Å². The lowest BCUT2D eigenvalue weighted by atomic mass is 10.3. The van der Waals surface area contributed by atoms with Gasteiger partial charge in [0.25, 0.3) is 10.0 Å². The predicted molar refractivity (Wildman–Crippen MR) is 85.4 cm³/mol. The maximum atomic E-state index is 12.2. The van der Waals surface area contributed by atoms with Gasteiger partial charge in [0.1, 0.15) is 10.3 Å². The lowest BCUT2D eigenvalue weighted by Gasteiger charge is -2.18. The van der Waals surface area contributed by atoms with Gasteiger partial charge in [0.15, 0.2) is 0 Å². The summed E-state index contributed by atoms with van der Waals surface area (Å²) in [7, 11) is -2.48. The molecule has 1 rings (SSSR count). The van der Waals surface area contributed by atoms with E-state index in [2.05, 4.69) is 10.6 Å². The quantitative estimate of drug-likeness (QED) is 0.740. The number of hydrogen-bond donors (Lipinski definition) is 2. The normalized spacial score (nSPS) is 13.0. The number of thiophene rings is 1. The van der Waals surface area contributed by atoms with E-state index in [0.717, 1.165) is 15.6 Å². The molecule has 0 aliphatic heterocycles. The summed E-state index contributed by atoms with van der Waals surface area (Å²) >= 11 is 6.64. The van der Waals surface area contributed by atoms with Gasteiger partial charge < -0.3 is 10.6 Å². The molecule has 0 fully saturated rings. The molecule has 22 heavy (non-hydrogen) atoms. The number of amides is 2. The first-order chi connectivity index (χ1) is 10.2. The Morgan fingerprint density at radius 1 is 1.41 bits per heavy atom. The van der Waals surface area contributed by atoms with Gasteiger partial charge in [0.2, 0.25) is 11.8 Å². The second-order valence-electron chi connectivity index (χ2n) is 4.50. The Morgan fingerprint density at radius 3 is 2.55 bits per heavy atom. The molecular weight excluding hydrogens is 350 g/mol. The molecule has 0 spiro atoms. The predicted octanol–water partition coefficient (Wildman–Crippen LogP) is 0.663. The third kappa shape index (κ3) is 4.94. The Labute approximate surface area is 138 Å². The fourth-order valence-electron chi connectivity index (χ4n) is 1.56. The Balaban J connectivity index is 2.66. The second-order valence-corrected chi connectivity index (χ2v) is 8.49. The van der Waals surface area contributed by atoms with Crippen molar-refractivity contribution in [1.29, 1.82) is 0 Å². The molecule has 2 amide bonds. The molecular formula is C12H18ClN3O4S2. The number of sulfonamides is 1. The van der Waals surface area contributed by atoms with Gasteiger partial charge in [-0.3, -0.25) is 9.59 Å². The van der Waals surface area contributed by atoms with E-state index >= 15 is 0 Å². The Bertz CT molecular complexity index is 645. The maximum absolute atomic E-state index is 12.2.